The van der Waals surface area contributed by atoms with Gasteiger partial charge in [-0.1, -0.05) is 45.7 Å². The Morgan fingerprint density at radius 2 is 1.76 bits per heavy atom. The summed E-state index contributed by atoms with van der Waals surface area (Å²) >= 11 is 0. The fraction of sp³-hybridized carbons (Fsp3) is 0.433. The summed E-state index contributed by atoms with van der Waals surface area (Å²) in [6.45, 7) is 12.6. The van der Waals surface area contributed by atoms with Gasteiger partial charge in [-0.2, -0.15) is 0 Å². The van der Waals surface area contributed by atoms with Crippen molar-refractivity contribution in [3.8, 4) is 17.6 Å². The van der Waals surface area contributed by atoms with Gasteiger partial charge in [0, 0.05) is 49.4 Å². The van der Waals surface area contributed by atoms with Crippen LogP contribution in [-0.4, -0.2) is 74.7 Å². The summed E-state index contributed by atoms with van der Waals surface area (Å²) in [7, 11) is -1.03. The predicted octanol–water partition coefficient (Wildman–Crippen LogP) is 4.20. The Morgan fingerprint density at radius 3 is 2.27 bits per heavy atom. The third kappa shape index (κ3) is 12.0. The molecule has 0 bridgehead atoms. The minimum Gasteiger partial charge on any atom is -0.491 e. The van der Waals surface area contributed by atoms with E-state index in [1.54, 1.807) is 24.4 Å². The van der Waals surface area contributed by atoms with Gasteiger partial charge in [-0.25, -0.2) is 13.4 Å². The second kappa shape index (κ2) is 16.4. The molecule has 0 unspecified atom stereocenters. The van der Waals surface area contributed by atoms with E-state index in [0.29, 0.717) is 49.8 Å². The zero-order chi connectivity index (χ0) is 30.3. The molecule has 0 aliphatic carbocycles. The highest BCUT2D eigenvalue weighted by molar-refractivity contribution is 7.91. The number of nitrogens with zero attached hydrogens (tertiary/aromatic N) is 3. The summed E-state index contributed by atoms with van der Waals surface area (Å²) in [6, 6.07) is 12.7. The maximum atomic E-state index is 11.4. The number of pyridine rings is 1. The van der Waals surface area contributed by atoms with Gasteiger partial charge in [-0.3, -0.25) is 9.69 Å². The number of nitrogens with one attached hydrogen (secondary N) is 2. The molecule has 1 aliphatic rings. The van der Waals surface area contributed by atoms with Crippen molar-refractivity contribution in [2.45, 2.75) is 40.0 Å². The normalized spacial score (nSPS) is 14.1. The number of ether oxygens (including phenoxy) is 1. The van der Waals surface area contributed by atoms with E-state index in [2.05, 4.69) is 58.3 Å². The van der Waals surface area contributed by atoms with Crippen LogP contribution in [0.4, 0.5) is 11.5 Å². The van der Waals surface area contributed by atoms with Crippen molar-refractivity contribution in [3.63, 3.8) is 0 Å². The monoisotopic (exact) mass is 583 g/mol. The number of amides is 1. The van der Waals surface area contributed by atoms with Gasteiger partial charge in [-0.15, -0.1) is 0 Å². The van der Waals surface area contributed by atoms with Crippen molar-refractivity contribution in [2.75, 3.05) is 55.4 Å². The van der Waals surface area contributed by atoms with Crippen LogP contribution >= 0.6 is 0 Å². The van der Waals surface area contributed by atoms with E-state index < -0.39 is 9.84 Å². The Labute approximate surface area is 243 Å². The third-order valence-electron chi connectivity index (χ3n) is 5.80. The van der Waals surface area contributed by atoms with Crippen molar-refractivity contribution in [2.24, 2.45) is 0 Å². The van der Waals surface area contributed by atoms with E-state index in [4.69, 9.17) is 9.26 Å². The summed E-state index contributed by atoms with van der Waals surface area (Å²) in [5, 5.41) is 9.30. The molecule has 10 nitrogen and oxygen atoms in total. The van der Waals surface area contributed by atoms with Gasteiger partial charge < -0.3 is 19.9 Å². The van der Waals surface area contributed by atoms with Gasteiger partial charge in [0.15, 0.2) is 15.7 Å². The Bertz CT molecular complexity index is 1360. The van der Waals surface area contributed by atoms with Crippen LogP contribution in [0.15, 0.2) is 53.2 Å². The topological polar surface area (TPSA) is 127 Å². The van der Waals surface area contributed by atoms with Crippen molar-refractivity contribution >= 4 is 27.8 Å². The number of anilines is 2. The maximum absolute atomic E-state index is 11.4. The van der Waals surface area contributed by atoms with Crippen LogP contribution in [-0.2, 0) is 20.0 Å². The molecule has 41 heavy (non-hydrogen) atoms. The highest BCUT2D eigenvalue weighted by atomic mass is 32.2. The lowest BCUT2D eigenvalue weighted by molar-refractivity contribution is -0.105. The second-order valence-corrected chi connectivity index (χ2v) is 12.2. The van der Waals surface area contributed by atoms with Crippen molar-refractivity contribution in [1.82, 2.24) is 15.0 Å². The number of hydrogen-bond acceptors (Lipinski definition) is 9. The number of rotatable bonds is 7. The number of hydrogen-bond donors (Lipinski definition) is 2. The van der Waals surface area contributed by atoms with E-state index >= 15 is 0 Å². The first-order chi connectivity index (χ1) is 19.6. The quantitative estimate of drug-likeness (QED) is 0.311. The summed E-state index contributed by atoms with van der Waals surface area (Å²) in [5.74, 6) is 8.79. The molecular formula is C30H41N5O5S. The van der Waals surface area contributed by atoms with E-state index in [1.165, 1.54) is 0 Å². The van der Waals surface area contributed by atoms with Gasteiger partial charge >= 0.3 is 0 Å². The molecule has 222 valence electrons. The maximum Gasteiger partial charge on any atom is 0.211 e. The molecular weight excluding hydrogens is 542 g/mol. The van der Waals surface area contributed by atoms with Gasteiger partial charge in [0.1, 0.15) is 23.8 Å². The van der Waals surface area contributed by atoms with Crippen LogP contribution in [0, 0.1) is 11.8 Å². The molecule has 4 rings (SSSR count). The lowest BCUT2D eigenvalue weighted by Gasteiger charge is -2.26. The number of carbonyl (C=O) groups excluding carboxylic acids is 1. The Kier molecular flexibility index (Phi) is 13.3. The van der Waals surface area contributed by atoms with Crippen LogP contribution in [0.3, 0.4) is 0 Å². The van der Waals surface area contributed by atoms with E-state index in [1.807, 2.05) is 45.2 Å². The van der Waals surface area contributed by atoms with Crippen LogP contribution in [0.5, 0.6) is 5.75 Å². The zero-order valence-corrected chi connectivity index (χ0v) is 25.5. The fourth-order valence-electron chi connectivity index (χ4n) is 3.41. The molecule has 1 amide bonds. The fourth-order valence-corrected chi connectivity index (χ4v) is 4.68. The molecule has 0 spiro atoms. The van der Waals surface area contributed by atoms with Crippen molar-refractivity contribution in [1.29, 1.82) is 0 Å². The molecule has 1 aliphatic heterocycles. The molecule has 2 N–H and O–H groups in total. The predicted molar refractivity (Wildman–Crippen MR) is 163 cm³/mol. The molecule has 3 aromatic rings. The van der Waals surface area contributed by atoms with E-state index in [-0.39, 0.29) is 16.9 Å². The van der Waals surface area contributed by atoms with Crippen molar-refractivity contribution < 1.29 is 22.5 Å². The number of sulfone groups is 1. The number of carbonyl (C=O) groups is 1. The molecule has 0 saturated carbocycles. The van der Waals surface area contributed by atoms with Crippen LogP contribution < -0.4 is 15.4 Å². The van der Waals surface area contributed by atoms with Gasteiger partial charge in [0.25, 0.3) is 0 Å². The van der Waals surface area contributed by atoms with Crippen molar-refractivity contribution in [3.05, 3.63) is 65.7 Å². The third-order valence-corrected chi connectivity index (χ3v) is 7.41. The van der Waals surface area contributed by atoms with E-state index in [9.17, 15) is 13.2 Å². The molecule has 0 radical (unpaired) electrons. The molecule has 1 saturated heterocycles. The minimum absolute atomic E-state index is 0.0437. The van der Waals surface area contributed by atoms with Crippen LogP contribution in [0.25, 0.3) is 0 Å². The summed E-state index contributed by atoms with van der Waals surface area (Å²) in [4.78, 5) is 16.7. The summed E-state index contributed by atoms with van der Waals surface area (Å²) in [6.07, 6.45) is 2.26. The first-order valence-corrected chi connectivity index (χ1v) is 15.4. The Morgan fingerprint density at radius 1 is 1.07 bits per heavy atom. The van der Waals surface area contributed by atoms with Gasteiger partial charge in [0.2, 0.25) is 6.41 Å². The molecule has 1 aromatic carbocycles. The molecule has 0 atom stereocenters. The average Bonchev–Trinajstić information content (AvgIpc) is 3.47. The van der Waals surface area contributed by atoms with Gasteiger partial charge in [0.05, 0.1) is 17.7 Å². The molecule has 11 heteroatoms. The highest BCUT2D eigenvalue weighted by Gasteiger charge is 2.21. The molecule has 2 aromatic heterocycles. The first kappa shape index (κ1) is 33.3. The smallest absolute Gasteiger partial charge is 0.211 e. The highest BCUT2D eigenvalue weighted by Crippen LogP contribution is 2.23. The summed E-state index contributed by atoms with van der Waals surface area (Å²) < 4.78 is 33.6. The van der Waals surface area contributed by atoms with Crippen LogP contribution in [0.2, 0.25) is 0 Å². The lowest BCUT2D eigenvalue weighted by atomic mass is 9.93. The second-order valence-electron chi connectivity index (χ2n) is 9.89. The lowest BCUT2D eigenvalue weighted by Crippen LogP contribution is -2.42. The molecule has 3 heterocycles. The molecule has 1 fully saturated rings. The van der Waals surface area contributed by atoms with E-state index in [0.717, 1.165) is 17.1 Å². The SMILES string of the molecule is CC.CNc1cc(C(C)(C)C)on1.O=CNc1ccc(C#Cc2ccc(OCCN3CCS(=O)(=O)CC3)cn2)cc1. The number of benzene rings is 1. The largest absolute Gasteiger partial charge is 0.491 e. The van der Waals surface area contributed by atoms with Gasteiger partial charge in [-0.05, 0) is 42.3 Å². The zero-order valence-electron chi connectivity index (χ0n) is 24.7. The van der Waals surface area contributed by atoms with Crippen LogP contribution in [0.1, 0.15) is 51.6 Å². The first-order valence-electron chi connectivity index (χ1n) is 13.6. The minimum atomic E-state index is -2.85. The average molecular weight is 584 g/mol. The standard InChI is InChI=1S/C20H21N3O4S.C8H14N2O.C2H6/c24-16-22-19-5-2-17(3-6-19)1-4-18-7-8-20(15-21-18)27-12-9-23-10-13-28(25,26)14-11-23;1-8(2,3)6-5-7(9-4)10-11-6;1-2/h2-3,5-8,15-16H,9-14H2,(H,22,24);5H,1-4H3,(H,9,10);1-2H3. The Balaban J connectivity index is 0.000000378. The summed E-state index contributed by atoms with van der Waals surface area (Å²) in [5.41, 5.74) is 2.21. The number of aromatic nitrogens is 2. The Hall–Kier alpha value is -3.88.